The first-order chi connectivity index (χ1) is 9.51. The van der Waals surface area contributed by atoms with Crippen LogP contribution in [0.15, 0.2) is 22.7 Å². The van der Waals surface area contributed by atoms with Gasteiger partial charge in [-0.25, -0.2) is 0 Å². The largest absolute Gasteiger partial charge is 0.346 e. The fourth-order valence-corrected chi connectivity index (χ4v) is 3.59. The summed E-state index contributed by atoms with van der Waals surface area (Å²) in [5.41, 5.74) is 2.31. The molecule has 2 nitrogen and oxygen atoms in total. The number of halogens is 1. The van der Waals surface area contributed by atoms with E-state index in [1.165, 1.54) is 24.8 Å². The van der Waals surface area contributed by atoms with Crippen LogP contribution < -0.4 is 5.32 Å². The topological polar surface area (TPSA) is 15.3 Å². The molecule has 2 atom stereocenters. The van der Waals surface area contributed by atoms with E-state index in [0.717, 1.165) is 27.7 Å². The van der Waals surface area contributed by atoms with Crippen LogP contribution in [0.1, 0.15) is 38.7 Å². The molecular formula is C16H23BrN2S. The Bertz CT molecular complexity index is 489. The molecule has 0 amide bonds. The number of hydrogen-bond acceptors (Lipinski definition) is 1. The van der Waals surface area contributed by atoms with E-state index in [1.807, 2.05) is 6.07 Å². The van der Waals surface area contributed by atoms with Crippen LogP contribution in [0.25, 0.3) is 0 Å². The Balaban J connectivity index is 2.06. The molecule has 0 spiro atoms. The van der Waals surface area contributed by atoms with Gasteiger partial charge < -0.3 is 10.2 Å². The highest BCUT2D eigenvalue weighted by Crippen LogP contribution is 2.26. The van der Waals surface area contributed by atoms with E-state index in [4.69, 9.17) is 12.2 Å². The summed E-state index contributed by atoms with van der Waals surface area (Å²) >= 11 is 9.12. The molecule has 20 heavy (non-hydrogen) atoms. The van der Waals surface area contributed by atoms with Gasteiger partial charge in [0.15, 0.2) is 5.11 Å². The van der Waals surface area contributed by atoms with Crippen LogP contribution in [0, 0.1) is 12.8 Å². The van der Waals surface area contributed by atoms with E-state index in [0.29, 0.717) is 6.04 Å². The van der Waals surface area contributed by atoms with Crippen LogP contribution in [0.2, 0.25) is 0 Å². The Hall–Kier alpha value is -0.610. The van der Waals surface area contributed by atoms with Crippen molar-refractivity contribution in [2.75, 3.05) is 11.9 Å². The van der Waals surface area contributed by atoms with E-state index in [-0.39, 0.29) is 0 Å². The van der Waals surface area contributed by atoms with Crippen molar-refractivity contribution in [1.29, 1.82) is 0 Å². The van der Waals surface area contributed by atoms with Crippen LogP contribution in [-0.2, 0) is 0 Å². The van der Waals surface area contributed by atoms with E-state index in [9.17, 15) is 0 Å². The smallest absolute Gasteiger partial charge is 0.173 e. The number of anilines is 1. The van der Waals surface area contributed by atoms with Gasteiger partial charge in [-0.15, -0.1) is 0 Å². The number of nitrogens with zero attached hydrogens (tertiary/aromatic N) is 1. The van der Waals surface area contributed by atoms with Gasteiger partial charge >= 0.3 is 0 Å². The van der Waals surface area contributed by atoms with E-state index in [1.54, 1.807) is 0 Å². The summed E-state index contributed by atoms with van der Waals surface area (Å²) in [4.78, 5) is 2.36. The molecule has 1 N–H and O–H groups in total. The minimum absolute atomic E-state index is 0.536. The van der Waals surface area contributed by atoms with Gasteiger partial charge in [-0.1, -0.05) is 29.3 Å². The van der Waals surface area contributed by atoms with Gasteiger partial charge in [-0.3, -0.25) is 0 Å². The fourth-order valence-electron chi connectivity index (χ4n) is 2.75. The van der Waals surface area contributed by atoms with E-state index >= 15 is 0 Å². The number of benzene rings is 1. The van der Waals surface area contributed by atoms with Crippen LogP contribution >= 0.6 is 28.1 Å². The zero-order valence-corrected chi connectivity index (χ0v) is 14.9. The average molecular weight is 355 g/mol. The van der Waals surface area contributed by atoms with Gasteiger partial charge in [0.05, 0.1) is 0 Å². The number of nitrogens with one attached hydrogen (secondary N) is 1. The Morgan fingerprint density at radius 1 is 1.45 bits per heavy atom. The lowest BCUT2D eigenvalue weighted by Crippen LogP contribution is -2.47. The first kappa shape index (κ1) is 15.8. The number of likely N-dealkylation sites (tertiary alicyclic amines) is 1. The summed E-state index contributed by atoms with van der Waals surface area (Å²) in [5.74, 6) is 0.775. The molecule has 0 saturated carbocycles. The minimum Gasteiger partial charge on any atom is -0.346 e. The second-order valence-corrected chi connectivity index (χ2v) is 7.04. The van der Waals surface area contributed by atoms with Gasteiger partial charge in [-0.2, -0.15) is 0 Å². The Kier molecular flexibility index (Phi) is 5.44. The van der Waals surface area contributed by atoms with Crippen molar-refractivity contribution in [3.8, 4) is 0 Å². The lowest BCUT2D eigenvalue weighted by Gasteiger charge is -2.39. The van der Waals surface area contributed by atoms with Gasteiger partial charge in [0.25, 0.3) is 0 Å². The predicted octanol–water partition coefficient (Wildman–Crippen LogP) is 4.96. The normalized spacial score (nSPS) is 22.7. The molecule has 0 bridgehead atoms. The predicted molar refractivity (Wildman–Crippen MR) is 94.3 cm³/mol. The Morgan fingerprint density at radius 2 is 2.20 bits per heavy atom. The lowest BCUT2D eigenvalue weighted by molar-refractivity contribution is 0.196. The standard InChI is InChI=1S/C16H23BrN2S/c1-4-13-6-5-12(3)19(10-13)16(20)18-15-8-7-14(17)9-11(15)2/h7-9,12-13H,4-6,10H2,1-3H3,(H,18,20)/t12-,13-/m1/s1. The fraction of sp³-hybridized carbons (Fsp3) is 0.562. The van der Waals surface area contributed by atoms with Crippen molar-refractivity contribution in [2.24, 2.45) is 5.92 Å². The third-order valence-corrected chi connectivity index (χ3v) is 5.08. The van der Waals surface area contributed by atoms with Crippen molar-refractivity contribution in [2.45, 2.75) is 46.1 Å². The maximum atomic E-state index is 5.63. The second-order valence-electron chi connectivity index (χ2n) is 5.74. The molecule has 4 heteroatoms. The van der Waals surface area contributed by atoms with Crippen LogP contribution in [-0.4, -0.2) is 22.6 Å². The highest BCUT2D eigenvalue weighted by molar-refractivity contribution is 9.10. The molecule has 1 aromatic rings. The number of thiocarbonyl (C=S) groups is 1. The molecule has 2 rings (SSSR count). The first-order valence-corrected chi connectivity index (χ1v) is 8.55. The van der Waals surface area contributed by atoms with Crippen LogP contribution in [0.3, 0.4) is 0 Å². The molecule has 0 unspecified atom stereocenters. The minimum atomic E-state index is 0.536. The molecule has 1 aliphatic heterocycles. The molecule has 1 aromatic carbocycles. The first-order valence-electron chi connectivity index (χ1n) is 7.35. The Labute approximate surface area is 136 Å². The van der Waals surface area contributed by atoms with Crippen molar-refractivity contribution >= 4 is 38.9 Å². The lowest BCUT2D eigenvalue weighted by atomic mass is 9.92. The number of aryl methyl sites for hydroxylation is 1. The maximum absolute atomic E-state index is 5.63. The highest BCUT2D eigenvalue weighted by atomic mass is 79.9. The summed E-state index contributed by atoms with van der Waals surface area (Å²) in [5, 5.41) is 4.28. The number of rotatable bonds is 2. The Morgan fingerprint density at radius 3 is 2.85 bits per heavy atom. The van der Waals surface area contributed by atoms with Crippen molar-refractivity contribution < 1.29 is 0 Å². The number of hydrogen-bond donors (Lipinski definition) is 1. The molecule has 1 saturated heterocycles. The van der Waals surface area contributed by atoms with Crippen molar-refractivity contribution in [1.82, 2.24) is 4.90 Å². The summed E-state index contributed by atoms with van der Waals surface area (Å²) in [6.07, 6.45) is 3.80. The zero-order chi connectivity index (χ0) is 14.7. The van der Waals surface area contributed by atoms with Crippen molar-refractivity contribution in [3.05, 3.63) is 28.2 Å². The third kappa shape index (κ3) is 3.73. The molecule has 0 aliphatic carbocycles. The third-order valence-electron chi connectivity index (χ3n) is 4.25. The second kappa shape index (κ2) is 6.90. The molecule has 1 aliphatic rings. The van der Waals surface area contributed by atoms with Crippen LogP contribution in [0.4, 0.5) is 5.69 Å². The molecule has 1 heterocycles. The molecular weight excluding hydrogens is 332 g/mol. The highest BCUT2D eigenvalue weighted by Gasteiger charge is 2.26. The van der Waals surface area contributed by atoms with Gasteiger partial charge in [0.1, 0.15) is 0 Å². The zero-order valence-electron chi connectivity index (χ0n) is 12.4. The molecule has 1 fully saturated rings. The van der Waals surface area contributed by atoms with E-state index < -0.39 is 0 Å². The number of piperidine rings is 1. The maximum Gasteiger partial charge on any atom is 0.173 e. The summed E-state index contributed by atoms with van der Waals surface area (Å²) in [6.45, 7) is 7.73. The van der Waals surface area contributed by atoms with E-state index in [2.05, 4.69) is 59.1 Å². The van der Waals surface area contributed by atoms with Gasteiger partial charge in [0.2, 0.25) is 0 Å². The molecule has 0 aromatic heterocycles. The monoisotopic (exact) mass is 354 g/mol. The quantitative estimate of drug-likeness (QED) is 0.755. The SMILES string of the molecule is CC[C@@H]1CC[C@@H](C)N(C(=S)Nc2ccc(Br)cc2C)C1. The average Bonchev–Trinajstić information content (AvgIpc) is 2.42. The summed E-state index contributed by atoms with van der Waals surface area (Å²) in [6, 6.07) is 6.78. The summed E-state index contributed by atoms with van der Waals surface area (Å²) < 4.78 is 1.10. The van der Waals surface area contributed by atoms with Gasteiger partial charge in [0, 0.05) is 22.7 Å². The summed E-state index contributed by atoms with van der Waals surface area (Å²) in [7, 11) is 0. The molecule has 0 radical (unpaired) electrons. The molecule has 110 valence electrons. The van der Waals surface area contributed by atoms with Crippen LogP contribution in [0.5, 0.6) is 0 Å². The van der Waals surface area contributed by atoms with Crippen molar-refractivity contribution in [3.63, 3.8) is 0 Å². The van der Waals surface area contributed by atoms with Gasteiger partial charge in [-0.05, 0) is 68.6 Å².